The number of hydrogen-bond donors (Lipinski definition) is 0. The fraction of sp³-hybridized carbons (Fsp3) is 0.417. The summed E-state index contributed by atoms with van der Waals surface area (Å²) >= 11 is 1.34. The van der Waals surface area contributed by atoms with E-state index in [4.69, 9.17) is 4.74 Å². The number of carbonyl (C=O) groups excluding carboxylic acids is 2. The summed E-state index contributed by atoms with van der Waals surface area (Å²) in [6.07, 6.45) is 4.42. The van der Waals surface area contributed by atoms with Crippen LogP contribution in [-0.2, 0) is 9.53 Å². The molecule has 150 valence electrons. The number of ether oxygens (including phenoxy) is 1. The van der Waals surface area contributed by atoms with Crippen LogP contribution >= 0.6 is 11.8 Å². The maximum Gasteiger partial charge on any atom is 0.315 e. The van der Waals surface area contributed by atoms with Crippen LogP contribution in [-0.4, -0.2) is 24.1 Å². The molecule has 0 bridgehead atoms. The van der Waals surface area contributed by atoms with Crippen LogP contribution < -0.4 is 0 Å². The second-order valence-corrected chi connectivity index (χ2v) is 8.02. The Morgan fingerprint density at radius 3 is 2.21 bits per heavy atom. The highest BCUT2D eigenvalue weighted by atomic mass is 32.2. The van der Waals surface area contributed by atoms with Gasteiger partial charge in [0.25, 0.3) is 0 Å². The summed E-state index contributed by atoms with van der Waals surface area (Å²) in [6, 6.07) is 18.9. The average Bonchev–Trinajstić information content (AvgIpc) is 2.75. The summed E-state index contributed by atoms with van der Waals surface area (Å²) in [7, 11) is 0. The first-order valence-electron chi connectivity index (χ1n) is 10.1. The van der Waals surface area contributed by atoms with Crippen molar-refractivity contribution in [2.45, 2.75) is 44.8 Å². The van der Waals surface area contributed by atoms with E-state index in [2.05, 4.69) is 13.8 Å². The molecule has 0 heterocycles. The Labute approximate surface area is 172 Å². The first-order valence-corrected chi connectivity index (χ1v) is 11.1. The van der Waals surface area contributed by atoms with Gasteiger partial charge >= 0.3 is 5.97 Å². The van der Waals surface area contributed by atoms with Crippen molar-refractivity contribution >= 4 is 23.5 Å². The van der Waals surface area contributed by atoms with Crippen molar-refractivity contribution in [2.75, 3.05) is 12.4 Å². The van der Waals surface area contributed by atoms with Gasteiger partial charge in [-0.25, -0.2) is 0 Å². The van der Waals surface area contributed by atoms with Gasteiger partial charge in [-0.15, -0.1) is 11.8 Å². The van der Waals surface area contributed by atoms with E-state index in [1.54, 1.807) is 0 Å². The molecule has 28 heavy (non-hydrogen) atoms. The monoisotopic (exact) mass is 398 g/mol. The average molecular weight is 399 g/mol. The number of hydrogen-bond acceptors (Lipinski definition) is 4. The lowest BCUT2D eigenvalue weighted by atomic mass is 10.0. The number of unbranched alkanes of at least 4 members (excludes halogenated alkanes) is 1. The van der Waals surface area contributed by atoms with Gasteiger partial charge in [-0.2, -0.15) is 0 Å². The molecule has 0 aliphatic rings. The summed E-state index contributed by atoms with van der Waals surface area (Å²) in [6.45, 7) is 4.77. The summed E-state index contributed by atoms with van der Waals surface area (Å²) < 4.78 is 5.49. The van der Waals surface area contributed by atoms with Crippen molar-refractivity contribution in [2.24, 2.45) is 5.92 Å². The van der Waals surface area contributed by atoms with Gasteiger partial charge in [-0.05, 0) is 17.9 Å². The van der Waals surface area contributed by atoms with E-state index in [1.165, 1.54) is 11.8 Å². The Kier molecular flexibility index (Phi) is 9.84. The summed E-state index contributed by atoms with van der Waals surface area (Å²) in [5.74, 6) is 0.355. The molecule has 0 aliphatic heterocycles. The molecule has 0 radical (unpaired) electrons. The molecule has 0 aromatic heterocycles. The molecular formula is C24H30O3S. The van der Waals surface area contributed by atoms with E-state index >= 15 is 0 Å². The fourth-order valence-electron chi connectivity index (χ4n) is 3.01. The zero-order chi connectivity index (χ0) is 20.2. The number of benzene rings is 2. The quantitative estimate of drug-likeness (QED) is 0.320. The molecule has 2 aromatic carbocycles. The van der Waals surface area contributed by atoms with Gasteiger partial charge in [0.05, 0.1) is 17.6 Å². The zero-order valence-corrected chi connectivity index (χ0v) is 17.6. The summed E-state index contributed by atoms with van der Waals surface area (Å²) in [5, 5.41) is -0.418. The molecule has 0 saturated carbocycles. The Bertz CT molecular complexity index is 715. The van der Waals surface area contributed by atoms with Crippen molar-refractivity contribution in [3.63, 3.8) is 0 Å². The van der Waals surface area contributed by atoms with Gasteiger partial charge < -0.3 is 4.74 Å². The maximum absolute atomic E-state index is 13.0. The number of esters is 1. The third kappa shape index (κ3) is 7.16. The van der Waals surface area contributed by atoms with E-state index in [-0.39, 0.29) is 17.5 Å². The van der Waals surface area contributed by atoms with Crippen LogP contribution in [0.15, 0.2) is 60.7 Å². The molecule has 0 saturated heterocycles. The van der Waals surface area contributed by atoms with Crippen LogP contribution in [0.3, 0.4) is 0 Å². The normalized spacial score (nSPS) is 12.9. The summed E-state index contributed by atoms with van der Waals surface area (Å²) in [5.41, 5.74) is 1.56. The maximum atomic E-state index is 13.0. The van der Waals surface area contributed by atoms with Gasteiger partial charge in [0, 0.05) is 5.56 Å². The lowest BCUT2D eigenvalue weighted by molar-refractivity contribution is -0.141. The molecule has 3 nitrogen and oxygen atoms in total. The SMILES string of the molecule is CCCC[C@H](CC)COC(=O)CS[C@@H](C(=O)c1ccccc1)c1ccccc1. The van der Waals surface area contributed by atoms with Crippen molar-refractivity contribution in [3.05, 3.63) is 71.8 Å². The highest BCUT2D eigenvalue weighted by molar-refractivity contribution is 8.00. The first-order chi connectivity index (χ1) is 13.7. The number of carbonyl (C=O) groups is 2. The van der Waals surface area contributed by atoms with E-state index in [9.17, 15) is 9.59 Å². The van der Waals surface area contributed by atoms with Crippen LogP contribution in [0, 0.1) is 5.92 Å². The number of thioether (sulfide) groups is 1. The van der Waals surface area contributed by atoms with Gasteiger partial charge in [0.15, 0.2) is 5.78 Å². The van der Waals surface area contributed by atoms with Crippen molar-refractivity contribution in [3.8, 4) is 0 Å². The zero-order valence-electron chi connectivity index (χ0n) is 16.8. The minimum Gasteiger partial charge on any atom is -0.465 e. The van der Waals surface area contributed by atoms with E-state index in [1.807, 2.05) is 60.7 Å². The standard InChI is InChI=1S/C24H30O3S/c1-3-5-12-19(4-2)17-27-22(25)18-28-24(21-15-10-7-11-16-21)23(26)20-13-8-6-9-14-20/h6-11,13-16,19,24H,3-5,12,17-18H2,1-2H3/t19-,24+/m0/s1. The lowest BCUT2D eigenvalue weighted by Gasteiger charge is -2.17. The lowest BCUT2D eigenvalue weighted by Crippen LogP contribution is -2.17. The second kappa shape index (κ2) is 12.4. The molecule has 0 N–H and O–H groups in total. The molecule has 2 rings (SSSR count). The molecule has 2 atom stereocenters. The van der Waals surface area contributed by atoms with Gasteiger partial charge in [-0.3, -0.25) is 9.59 Å². The molecule has 0 amide bonds. The van der Waals surface area contributed by atoms with Crippen molar-refractivity contribution < 1.29 is 14.3 Å². The topological polar surface area (TPSA) is 43.4 Å². The molecular weight excluding hydrogens is 368 g/mol. The molecule has 0 fully saturated rings. The Morgan fingerprint density at radius 1 is 0.964 bits per heavy atom. The molecule has 4 heteroatoms. The Morgan fingerprint density at radius 2 is 1.61 bits per heavy atom. The fourth-order valence-corrected chi connectivity index (χ4v) is 4.03. The van der Waals surface area contributed by atoms with E-state index in [0.717, 1.165) is 31.2 Å². The van der Waals surface area contributed by atoms with Crippen LogP contribution in [0.25, 0.3) is 0 Å². The number of rotatable bonds is 12. The highest BCUT2D eigenvalue weighted by Gasteiger charge is 2.24. The molecule has 2 aromatic rings. The Balaban J connectivity index is 1.97. The first kappa shape index (κ1) is 22.2. The van der Waals surface area contributed by atoms with Gasteiger partial charge in [-0.1, -0.05) is 93.8 Å². The predicted molar refractivity (Wildman–Crippen MR) is 117 cm³/mol. The van der Waals surface area contributed by atoms with E-state index in [0.29, 0.717) is 18.1 Å². The largest absolute Gasteiger partial charge is 0.465 e. The van der Waals surface area contributed by atoms with Gasteiger partial charge in [0.2, 0.25) is 0 Å². The molecule has 0 unspecified atom stereocenters. The highest BCUT2D eigenvalue weighted by Crippen LogP contribution is 2.32. The molecule has 0 aliphatic carbocycles. The van der Waals surface area contributed by atoms with Crippen molar-refractivity contribution in [1.29, 1.82) is 0 Å². The van der Waals surface area contributed by atoms with Crippen LogP contribution in [0.4, 0.5) is 0 Å². The minimum atomic E-state index is -0.418. The Hall–Kier alpha value is -2.07. The minimum absolute atomic E-state index is 0.0129. The third-order valence-electron chi connectivity index (χ3n) is 4.79. The smallest absolute Gasteiger partial charge is 0.315 e. The van der Waals surface area contributed by atoms with Crippen LogP contribution in [0.1, 0.15) is 60.7 Å². The predicted octanol–water partition coefficient (Wildman–Crippen LogP) is 6.10. The van der Waals surface area contributed by atoms with Gasteiger partial charge in [0.1, 0.15) is 0 Å². The second-order valence-electron chi connectivity index (χ2n) is 6.93. The number of Topliss-reactive ketones (excluding diaryl/α,β-unsaturated/α-hetero) is 1. The van der Waals surface area contributed by atoms with Crippen LogP contribution in [0.2, 0.25) is 0 Å². The van der Waals surface area contributed by atoms with E-state index < -0.39 is 5.25 Å². The van der Waals surface area contributed by atoms with Crippen LogP contribution in [0.5, 0.6) is 0 Å². The van der Waals surface area contributed by atoms with Crippen molar-refractivity contribution in [1.82, 2.24) is 0 Å². The summed E-state index contributed by atoms with van der Waals surface area (Å²) in [4.78, 5) is 25.3. The third-order valence-corrected chi connectivity index (χ3v) is 6.01. The molecule has 0 spiro atoms. The number of ketones is 1.